The van der Waals surface area contributed by atoms with Crippen molar-refractivity contribution in [2.45, 2.75) is 0 Å². The Morgan fingerprint density at radius 3 is 2.25 bits per heavy atom. The molecule has 0 spiro atoms. The van der Waals surface area contributed by atoms with Gasteiger partial charge in [-0.25, -0.2) is 0 Å². The summed E-state index contributed by atoms with van der Waals surface area (Å²) >= 11 is 0. The lowest BCUT2D eigenvalue weighted by Crippen LogP contribution is -2.33. The van der Waals surface area contributed by atoms with E-state index in [1.54, 1.807) is 0 Å². The molecule has 0 aliphatic carbocycles. The van der Waals surface area contributed by atoms with E-state index in [0.29, 0.717) is 0 Å². The molecule has 2 aromatic carbocycles. The number of rotatable bonds is 1. The zero-order valence-electron chi connectivity index (χ0n) is 13.1. The lowest BCUT2D eigenvalue weighted by molar-refractivity contribution is -0.556. The van der Waals surface area contributed by atoms with Gasteiger partial charge in [0, 0.05) is 24.3 Å². The molecule has 0 amide bonds. The third-order valence-corrected chi connectivity index (χ3v) is 4.58. The molecule has 0 atom stereocenters. The molecule has 0 fully saturated rings. The molecular weight excluding hydrogens is 292 g/mol. The monoisotopic (exact) mass is 308 g/mol. The van der Waals surface area contributed by atoms with E-state index in [4.69, 9.17) is 0 Å². The van der Waals surface area contributed by atoms with Crippen molar-refractivity contribution in [2.75, 3.05) is 0 Å². The third kappa shape index (κ3) is 1.97. The van der Waals surface area contributed by atoms with Crippen molar-refractivity contribution in [2.24, 2.45) is 0 Å². The molecule has 0 bridgehead atoms. The lowest BCUT2D eigenvalue weighted by Gasteiger charge is -2.02. The number of hydrogen-bond acceptors (Lipinski definition) is 0. The Hall–Kier alpha value is -3.26. The maximum absolute atomic E-state index is 2.26. The van der Waals surface area contributed by atoms with E-state index in [2.05, 4.69) is 106 Å². The first-order valence-electron chi connectivity index (χ1n) is 8.13. The van der Waals surface area contributed by atoms with E-state index < -0.39 is 0 Å². The van der Waals surface area contributed by atoms with E-state index in [9.17, 15) is 0 Å². The molecule has 3 heterocycles. The van der Waals surface area contributed by atoms with Crippen LogP contribution in [-0.2, 0) is 0 Å². The topological polar surface area (TPSA) is 8.20 Å². The first-order valence-corrected chi connectivity index (χ1v) is 8.13. The van der Waals surface area contributed by atoms with Gasteiger partial charge in [0.2, 0.25) is 6.20 Å². The van der Waals surface area contributed by atoms with Gasteiger partial charge in [-0.15, -0.1) is 4.40 Å². The fourth-order valence-electron chi connectivity index (χ4n) is 3.40. The Morgan fingerprint density at radius 2 is 1.33 bits per heavy atom. The second kappa shape index (κ2) is 5.14. The van der Waals surface area contributed by atoms with Crippen molar-refractivity contribution in [1.82, 2.24) is 0 Å². The maximum atomic E-state index is 2.26. The molecule has 3 aromatic heterocycles. The third-order valence-electron chi connectivity index (χ3n) is 4.58. The minimum Gasteiger partial charge on any atom is -0.155 e. The van der Waals surface area contributed by atoms with Crippen LogP contribution in [0.2, 0.25) is 0 Å². The summed E-state index contributed by atoms with van der Waals surface area (Å²) in [5.74, 6) is 0. The summed E-state index contributed by atoms with van der Waals surface area (Å²) in [6.07, 6.45) is 6.44. The molecule has 0 aliphatic heterocycles. The van der Waals surface area contributed by atoms with Crippen LogP contribution < -0.4 is 8.80 Å². The molecule has 112 valence electrons. The molecule has 0 unspecified atom stereocenters. The normalized spacial score (nSPS) is 11.3. The van der Waals surface area contributed by atoms with Crippen LogP contribution in [0.1, 0.15) is 0 Å². The second-order valence-corrected chi connectivity index (χ2v) is 6.03. The Balaban J connectivity index is 1.89. The highest BCUT2D eigenvalue weighted by atomic mass is 15.0. The Kier molecular flexibility index (Phi) is 2.83. The fourth-order valence-corrected chi connectivity index (χ4v) is 3.40. The van der Waals surface area contributed by atoms with Crippen LogP contribution in [0.5, 0.6) is 0 Å². The van der Waals surface area contributed by atoms with Crippen molar-refractivity contribution in [1.29, 1.82) is 0 Å². The van der Waals surface area contributed by atoms with Gasteiger partial charge in [-0.2, -0.15) is 4.40 Å². The van der Waals surface area contributed by atoms with Crippen LogP contribution in [0.15, 0.2) is 97.5 Å². The summed E-state index contributed by atoms with van der Waals surface area (Å²) in [6.45, 7) is 0. The van der Waals surface area contributed by atoms with Gasteiger partial charge in [-0.3, -0.25) is 0 Å². The quantitative estimate of drug-likeness (QED) is 0.327. The van der Waals surface area contributed by atoms with Crippen LogP contribution in [-0.4, -0.2) is 0 Å². The van der Waals surface area contributed by atoms with Crippen molar-refractivity contribution in [3.63, 3.8) is 0 Å². The average Bonchev–Trinajstić information content (AvgIpc) is 2.67. The van der Waals surface area contributed by atoms with E-state index in [1.165, 1.54) is 33.1 Å². The van der Waals surface area contributed by atoms with Gasteiger partial charge < -0.3 is 0 Å². The number of benzene rings is 2. The van der Waals surface area contributed by atoms with E-state index >= 15 is 0 Å². The van der Waals surface area contributed by atoms with Gasteiger partial charge in [-0.1, -0.05) is 30.3 Å². The van der Waals surface area contributed by atoms with Crippen LogP contribution in [0.3, 0.4) is 0 Å². The van der Waals surface area contributed by atoms with Crippen molar-refractivity contribution < 1.29 is 8.80 Å². The molecule has 24 heavy (non-hydrogen) atoms. The number of nitrogens with zero attached hydrogens (tertiary/aromatic N) is 2. The van der Waals surface area contributed by atoms with E-state index in [-0.39, 0.29) is 0 Å². The van der Waals surface area contributed by atoms with Crippen molar-refractivity contribution in [3.05, 3.63) is 97.5 Å². The van der Waals surface area contributed by atoms with Crippen molar-refractivity contribution in [3.8, 4) is 11.3 Å². The molecule has 5 aromatic rings. The predicted octanol–water partition coefficient (Wildman–Crippen LogP) is 3.98. The molecule has 0 N–H and O–H groups in total. The molecule has 0 aliphatic rings. The highest BCUT2D eigenvalue weighted by Crippen LogP contribution is 2.22. The lowest BCUT2D eigenvalue weighted by atomic mass is 10.0. The molecule has 2 nitrogen and oxygen atoms in total. The van der Waals surface area contributed by atoms with Crippen molar-refractivity contribution >= 4 is 21.8 Å². The largest absolute Gasteiger partial charge is 0.283 e. The van der Waals surface area contributed by atoms with Crippen LogP contribution in [0, 0.1) is 0 Å². The highest BCUT2D eigenvalue weighted by Gasteiger charge is 2.21. The fraction of sp³-hybridized carbons (Fsp3) is 0. The number of hydrogen-bond donors (Lipinski definition) is 0. The summed E-state index contributed by atoms with van der Waals surface area (Å²) < 4.78 is 4.46. The summed E-state index contributed by atoms with van der Waals surface area (Å²) in [6, 6.07) is 27.8. The summed E-state index contributed by atoms with van der Waals surface area (Å²) in [7, 11) is 0. The first-order chi connectivity index (χ1) is 11.9. The van der Waals surface area contributed by atoms with Crippen LogP contribution >= 0.6 is 0 Å². The molecule has 0 radical (unpaired) electrons. The standard InChI is InChI=1S/C22H16N2/c1-2-8-18-15-19(12-11-17(18)7-1)22-16-23-13-5-3-9-20(23)21-10-4-6-14-24(21)22/h1-16H/q+2. The molecular formula is C22H16N2+2. The number of aromatic nitrogens is 2. The van der Waals surface area contributed by atoms with E-state index in [1.807, 2.05) is 0 Å². The number of pyridine rings is 2. The zero-order chi connectivity index (χ0) is 15.9. The highest BCUT2D eigenvalue weighted by molar-refractivity contribution is 5.86. The minimum absolute atomic E-state index is 1.18. The molecule has 0 saturated heterocycles. The minimum atomic E-state index is 1.18. The number of fused-ring (bicyclic) bond motifs is 4. The average molecular weight is 308 g/mol. The first kappa shape index (κ1) is 13.2. The maximum Gasteiger partial charge on any atom is 0.283 e. The summed E-state index contributed by atoms with van der Waals surface area (Å²) in [5.41, 5.74) is 4.79. The van der Waals surface area contributed by atoms with Gasteiger partial charge in [-0.05, 0) is 35.0 Å². The summed E-state index contributed by atoms with van der Waals surface area (Å²) in [5, 5.41) is 2.53. The summed E-state index contributed by atoms with van der Waals surface area (Å²) in [4.78, 5) is 0. The zero-order valence-corrected chi connectivity index (χ0v) is 13.1. The predicted molar refractivity (Wildman–Crippen MR) is 95.7 cm³/mol. The molecule has 0 saturated carbocycles. The Morgan fingerprint density at radius 1 is 0.583 bits per heavy atom. The smallest absolute Gasteiger partial charge is 0.155 e. The Bertz CT molecular complexity index is 1210. The van der Waals surface area contributed by atoms with Crippen LogP contribution in [0.4, 0.5) is 0 Å². The van der Waals surface area contributed by atoms with Gasteiger partial charge in [0.05, 0.1) is 5.56 Å². The van der Waals surface area contributed by atoms with Gasteiger partial charge >= 0.3 is 0 Å². The Labute approximate surface area is 139 Å². The van der Waals surface area contributed by atoms with Gasteiger partial charge in [0.25, 0.3) is 16.7 Å². The SMILES string of the molecule is c1ccc2cc(-c3c[n+]4ccccc4c4cccc[n+]34)ccc2c1. The second-order valence-electron chi connectivity index (χ2n) is 6.03. The molecule has 5 rings (SSSR count). The van der Waals surface area contributed by atoms with Crippen LogP contribution in [0.25, 0.3) is 33.1 Å². The van der Waals surface area contributed by atoms with Gasteiger partial charge in [0.15, 0.2) is 12.4 Å². The van der Waals surface area contributed by atoms with Gasteiger partial charge in [0.1, 0.15) is 0 Å². The van der Waals surface area contributed by atoms with E-state index in [0.717, 1.165) is 0 Å². The molecule has 2 heteroatoms.